The Morgan fingerprint density at radius 1 is 1.19 bits per heavy atom. The van der Waals surface area contributed by atoms with Gasteiger partial charge in [-0.15, -0.1) is 0 Å². The van der Waals surface area contributed by atoms with E-state index in [-0.39, 0.29) is 5.41 Å². The van der Waals surface area contributed by atoms with Crippen LogP contribution in [0, 0.1) is 12.3 Å². The molecule has 0 spiro atoms. The highest BCUT2D eigenvalue weighted by Crippen LogP contribution is 2.26. The van der Waals surface area contributed by atoms with Crippen molar-refractivity contribution < 1.29 is 0 Å². The van der Waals surface area contributed by atoms with Crippen molar-refractivity contribution in [2.45, 2.75) is 27.7 Å². The first-order valence-electron chi connectivity index (χ1n) is 5.60. The maximum Gasteiger partial charge on any atom is 0.112 e. The maximum atomic E-state index is 4.48. The molecule has 0 unspecified atom stereocenters. The van der Waals surface area contributed by atoms with Crippen LogP contribution in [0.4, 0.5) is 0 Å². The van der Waals surface area contributed by atoms with E-state index in [9.17, 15) is 0 Å². The van der Waals surface area contributed by atoms with E-state index in [1.165, 1.54) is 5.57 Å². The molecule has 0 fully saturated rings. The van der Waals surface area contributed by atoms with Crippen LogP contribution in [0.5, 0.6) is 0 Å². The highest BCUT2D eigenvalue weighted by Gasteiger charge is 2.14. The number of pyridine rings is 1. The Morgan fingerprint density at radius 3 is 2.62 bits per heavy atom. The summed E-state index contributed by atoms with van der Waals surface area (Å²) in [6.07, 6.45) is 6.30. The fourth-order valence-corrected chi connectivity index (χ4v) is 1.69. The van der Waals surface area contributed by atoms with E-state index in [2.05, 4.69) is 49.7 Å². The summed E-state index contributed by atoms with van der Waals surface area (Å²) in [5, 5.41) is 2.09. The molecule has 16 heavy (non-hydrogen) atoms. The van der Waals surface area contributed by atoms with Crippen LogP contribution in [0.25, 0.3) is 11.8 Å². The molecule has 1 aliphatic carbocycles. The van der Waals surface area contributed by atoms with Crippen LogP contribution in [0.15, 0.2) is 29.9 Å². The number of allylic oxidation sites excluding steroid dienone is 3. The largest absolute Gasteiger partial charge is 0.245 e. The average Bonchev–Trinajstić information content (AvgIpc) is 2.38. The van der Waals surface area contributed by atoms with Gasteiger partial charge in [-0.2, -0.15) is 0 Å². The van der Waals surface area contributed by atoms with Crippen LogP contribution in [0.2, 0.25) is 0 Å². The molecule has 1 aromatic rings. The quantitative estimate of drug-likeness (QED) is 0.640. The third-order valence-corrected chi connectivity index (χ3v) is 2.73. The van der Waals surface area contributed by atoms with Crippen molar-refractivity contribution in [3.8, 4) is 0 Å². The summed E-state index contributed by atoms with van der Waals surface area (Å²) >= 11 is 0. The zero-order chi connectivity index (χ0) is 11.8. The highest BCUT2D eigenvalue weighted by molar-refractivity contribution is 5.54. The third-order valence-electron chi connectivity index (χ3n) is 2.73. The van der Waals surface area contributed by atoms with Crippen molar-refractivity contribution in [3.63, 3.8) is 0 Å². The van der Waals surface area contributed by atoms with E-state index < -0.39 is 0 Å². The molecule has 0 saturated heterocycles. The summed E-state index contributed by atoms with van der Waals surface area (Å²) in [6, 6.07) is 4.16. The summed E-state index contributed by atoms with van der Waals surface area (Å²) in [6.45, 7) is 8.66. The van der Waals surface area contributed by atoms with Crippen LogP contribution < -0.4 is 10.6 Å². The van der Waals surface area contributed by atoms with Gasteiger partial charge in [-0.1, -0.05) is 38.6 Å². The number of aromatic nitrogens is 1. The van der Waals surface area contributed by atoms with Crippen LogP contribution in [-0.4, -0.2) is 4.98 Å². The minimum Gasteiger partial charge on any atom is -0.245 e. The van der Waals surface area contributed by atoms with Gasteiger partial charge in [-0.05, 0) is 36.1 Å². The highest BCUT2D eigenvalue weighted by atomic mass is 14.7. The smallest absolute Gasteiger partial charge is 0.112 e. The minimum absolute atomic E-state index is 0.157. The number of nitrogens with zero attached hydrogens (tertiary/aromatic N) is 1. The van der Waals surface area contributed by atoms with E-state index in [0.717, 1.165) is 16.3 Å². The normalized spacial score (nSPS) is 14.4. The van der Waals surface area contributed by atoms with Gasteiger partial charge < -0.3 is 0 Å². The lowest BCUT2D eigenvalue weighted by Gasteiger charge is -2.19. The number of hydrogen-bond donors (Lipinski definition) is 0. The van der Waals surface area contributed by atoms with Crippen molar-refractivity contribution in [1.29, 1.82) is 0 Å². The molecular weight excluding hydrogens is 194 g/mol. The van der Waals surface area contributed by atoms with E-state index in [1.54, 1.807) is 0 Å². The Morgan fingerprint density at radius 2 is 1.94 bits per heavy atom. The Balaban J connectivity index is 2.70. The molecular formula is C15H17N. The second-order valence-electron chi connectivity index (χ2n) is 5.22. The lowest BCUT2D eigenvalue weighted by atomic mass is 9.86. The first-order chi connectivity index (χ1) is 7.47. The first-order valence-corrected chi connectivity index (χ1v) is 5.60. The zero-order valence-electron chi connectivity index (χ0n) is 10.3. The molecule has 0 aliphatic heterocycles. The van der Waals surface area contributed by atoms with Crippen LogP contribution in [-0.2, 0) is 0 Å². The molecule has 1 nitrogen and oxygen atoms in total. The van der Waals surface area contributed by atoms with Gasteiger partial charge in [0.05, 0.1) is 0 Å². The number of rotatable bonds is 0. The number of aryl methyl sites for hydroxylation is 1. The molecule has 0 atom stereocenters. The molecule has 0 N–H and O–H groups in total. The second-order valence-corrected chi connectivity index (χ2v) is 5.22. The lowest BCUT2D eigenvalue weighted by molar-refractivity contribution is 0.523. The van der Waals surface area contributed by atoms with Crippen molar-refractivity contribution in [3.05, 3.63) is 46.1 Å². The van der Waals surface area contributed by atoms with Crippen LogP contribution in [0.3, 0.4) is 0 Å². The molecule has 1 aromatic heterocycles. The second kappa shape index (κ2) is 3.77. The molecule has 0 bridgehead atoms. The molecule has 1 heterocycles. The molecule has 0 amide bonds. The topological polar surface area (TPSA) is 12.9 Å². The van der Waals surface area contributed by atoms with E-state index in [0.29, 0.717) is 0 Å². The van der Waals surface area contributed by atoms with Gasteiger partial charge in [0.2, 0.25) is 0 Å². The number of fused-ring (bicyclic) bond motifs is 1. The average molecular weight is 211 g/mol. The van der Waals surface area contributed by atoms with Crippen molar-refractivity contribution in [1.82, 2.24) is 4.98 Å². The summed E-state index contributed by atoms with van der Waals surface area (Å²) in [5.74, 6) is 0. The SMILES string of the molecule is Cc1ccc2c(n1)=C=CC=C(C(C)(C)C)C=2. The summed E-state index contributed by atoms with van der Waals surface area (Å²) in [4.78, 5) is 4.48. The molecule has 0 saturated carbocycles. The molecule has 1 aliphatic rings. The Kier molecular flexibility index (Phi) is 2.57. The monoisotopic (exact) mass is 211 g/mol. The van der Waals surface area contributed by atoms with Gasteiger partial charge in [0, 0.05) is 10.9 Å². The van der Waals surface area contributed by atoms with E-state index in [4.69, 9.17) is 0 Å². The summed E-state index contributed by atoms with van der Waals surface area (Å²) < 4.78 is 0. The van der Waals surface area contributed by atoms with Crippen molar-refractivity contribution in [2.24, 2.45) is 5.41 Å². The molecule has 0 aromatic carbocycles. The van der Waals surface area contributed by atoms with Gasteiger partial charge in [0.25, 0.3) is 0 Å². The fraction of sp³-hybridized carbons (Fsp3) is 0.333. The number of hydrogen-bond acceptors (Lipinski definition) is 1. The van der Waals surface area contributed by atoms with E-state index >= 15 is 0 Å². The predicted octanol–water partition coefficient (Wildman–Crippen LogP) is 2.09. The standard InChI is InChI=1S/C15H17N/c1-11-8-9-12-10-13(15(2,3)4)6-5-7-14(12)16-11/h5-6,8-10H,1-4H3. The zero-order valence-corrected chi connectivity index (χ0v) is 10.3. The minimum atomic E-state index is 0.157. The predicted molar refractivity (Wildman–Crippen MR) is 68.2 cm³/mol. The maximum absolute atomic E-state index is 4.48. The van der Waals surface area contributed by atoms with E-state index in [1.807, 2.05) is 19.1 Å². The van der Waals surface area contributed by atoms with Crippen molar-refractivity contribution in [2.75, 3.05) is 0 Å². The van der Waals surface area contributed by atoms with Crippen molar-refractivity contribution >= 4 is 11.8 Å². The van der Waals surface area contributed by atoms with Gasteiger partial charge in [0.1, 0.15) is 5.35 Å². The first kappa shape index (κ1) is 10.9. The van der Waals surface area contributed by atoms with Crippen LogP contribution >= 0.6 is 0 Å². The molecule has 2 rings (SSSR count). The van der Waals surface area contributed by atoms with Gasteiger partial charge in [-0.3, -0.25) is 0 Å². The van der Waals surface area contributed by atoms with Gasteiger partial charge in [0.15, 0.2) is 0 Å². The Labute approximate surface area is 96.5 Å². The summed E-state index contributed by atoms with van der Waals surface area (Å²) in [7, 11) is 0. The Bertz CT molecular complexity index is 591. The Hall–Kier alpha value is -1.59. The van der Waals surface area contributed by atoms with Crippen LogP contribution in [0.1, 0.15) is 26.5 Å². The molecule has 0 radical (unpaired) electrons. The molecule has 82 valence electrons. The third kappa shape index (κ3) is 2.15. The lowest BCUT2D eigenvalue weighted by Crippen LogP contribution is -2.28. The summed E-state index contributed by atoms with van der Waals surface area (Å²) in [5.41, 5.74) is 5.73. The van der Waals surface area contributed by atoms with Gasteiger partial charge >= 0.3 is 0 Å². The molecule has 1 heteroatoms. The fourth-order valence-electron chi connectivity index (χ4n) is 1.69. The van der Waals surface area contributed by atoms with Gasteiger partial charge in [-0.25, -0.2) is 4.98 Å².